The van der Waals surface area contributed by atoms with Gasteiger partial charge in [-0.3, -0.25) is 4.79 Å². The van der Waals surface area contributed by atoms with Crippen LogP contribution in [0.5, 0.6) is 0 Å². The van der Waals surface area contributed by atoms with Crippen molar-refractivity contribution < 1.29 is 13.2 Å². The van der Waals surface area contributed by atoms with Gasteiger partial charge in [0.1, 0.15) is 0 Å². The summed E-state index contributed by atoms with van der Waals surface area (Å²) in [5, 5.41) is 0. The molecule has 5 heteroatoms. The van der Waals surface area contributed by atoms with Gasteiger partial charge < -0.3 is 0 Å². The molecule has 94 valence electrons. The van der Waals surface area contributed by atoms with Gasteiger partial charge in [-0.25, -0.2) is 8.42 Å². The molecule has 0 N–H and O–H groups in total. The third-order valence-corrected chi connectivity index (χ3v) is 4.67. The van der Waals surface area contributed by atoms with E-state index in [0.29, 0.717) is 18.7 Å². The van der Waals surface area contributed by atoms with Gasteiger partial charge in [0, 0.05) is 18.7 Å². The minimum absolute atomic E-state index is 0.0724. The number of hydrogen-bond acceptors (Lipinski definition) is 3. The molecule has 17 heavy (non-hydrogen) atoms. The van der Waals surface area contributed by atoms with Crippen LogP contribution in [0.2, 0.25) is 0 Å². The van der Waals surface area contributed by atoms with Crippen LogP contribution >= 0.6 is 0 Å². The summed E-state index contributed by atoms with van der Waals surface area (Å²) in [6, 6.07) is 6.03. The summed E-state index contributed by atoms with van der Waals surface area (Å²) in [4.78, 5) is 11.3. The molecule has 0 saturated heterocycles. The van der Waals surface area contributed by atoms with Crippen LogP contribution in [-0.4, -0.2) is 31.6 Å². The molecule has 0 fully saturated rings. The Kier molecular flexibility index (Phi) is 4.42. The van der Waals surface area contributed by atoms with Crippen molar-refractivity contribution in [3.63, 3.8) is 0 Å². The van der Waals surface area contributed by atoms with E-state index in [4.69, 9.17) is 0 Å². The fraction of sp³-hybridized carbons (Fsp3) is 0.417. The quantitative estimate of drug-likeness (QED) is 0.755. The highest BCUT2D eigenvalue weighted by atomic mass is 32.2. The van der Waals surface area contributed by atoms with E-state index in [1.54, 1.807) is 26.0 Å². The van der Waals surface area contributed by atoms with Crippen molar-refractivity contribution in [2.45, 2.75) is 25.7 Å². The van der Waals surface area contributed by atoms with Crippen molar-refractivity contribution in [2.24, 2.45) is 0 Å². The molecule has 0 aromatic heterocycles. The summed E-state index contributed by atoms with van der Waals surface area (Å²) in [5.41, 5.74) is 0.517. The van der Waals surface area contributed by atoms with Crippen LogP contribution in [0.1, 0.15) is 31.1 Å². The fourth-order valence-corrected chi connectivity index (χ4v) is 3.03. The van der Waals surface area contributed by atoms with Crippen LogP contribution in [0.4, 0.5) is 0 Å². The number of carbonyl (C=O) groups is 1. The monoisotopic (exact) mass is 255 g/mol. The van der Waals surface area contributed by atoms with Gasteiger partial charge in [0.25, 0.3) is 0 Å². The molecule has 0 heterocycles. The number of sulfonamides is 1. The number of Topliss-reactive ketones (excluding diaryl/α,β-unsaturated/α-hetero) is 1. The van der Waals surface area contributed by atoms with Gasteiger partial charge >= 0.3 is 0 Å². The minimum Gasteiger partial charge on any atom is -0.295 e. The van der Waals surface area contributed by atoms with Crippen LogP contribution in [0.25, 0.3) is 0 Å². The standard InChI is InChI=1S/C12H17NO3S/c1-4-13(5-2)17(15,16)12-8-6-11(7-9-12)10(3)14/h6-9H,4-5H2,1-3H3. The normalized spacial score (nSPS) is 11.8. The van der Waals surface area contributed by atoms with Crippen LogP contribution in [0.3, 0.4) is 0 Å². The molecule has 0 aliphatic carbocycles. The van der Waals surface area contributed by atoms with E-state index in [1.165, 1.54) is 23.4 Å². The maximum atomic E-state index is 12.1. The molecule has 0 aliphatic heterocycles. The average molecular weight is 255 g/mol. The lowest BCUT2D eigenvalue weighted by Gasteiger charge is -2.18. The molecule has 4 nitrogen and oxygen atoms in total. The Morgan fingerprint density at radius 2 is 1.59 bits per heavy atom. The lowest BCUT2D eigenvalue weighted by Crippen LogP contribution is -2.30. The van der Waals surface area contributed by atoms with E-state index in [1.807, 2.05) is 0 Å². The summed E-state index contributed by atoms with van der Waals surface area (Å²) < 4.78 is 25.6. The second-order valence-corrected chi connectivity index (χ2v) is 5.61. The first-order valence-corrected chi connectivity index (χ1v) is 6.98. The van der Waals surface area contributed by atoms with Crippen LogP contribution in [-0.2, 0) is 10.0 Å². The van der Waals surface area contributed by atoms with E-state index in [9.17, 15) is 13.2 Å². The van der Waals surface area contributed by atoms with Gasteiger partial charge in [-0.15, -0.1) is 0 Å². The van der Waals surface area contributed by atoms with Crippen LogP contribution in [0.15, 0.2) is 29.2 Å². The molecule has 0 spiro atoms. The van der Waals surface area contributed by atoms with E-state index in [2.05, 4.69) is 0 Å². The Labute approximate surface area is 102 Å². The first-order valence-electron chi connectivity index (χ1n) is 5.54. The number of carbonyl (C=O) groups excluding carboxylic acids is 1. The molecular formula is C12H17NO3S. The zero-order valence-corrected chi connectivity index (χ0v) is 11.1. The maximum Gasteiger partial charge on any atom is 0.243 e. The molecular weight excluding hydrogens is 238 g/mol. The molecule has 1 aromatic rings. The van der Waals surface area contributed by atoms with Crippen molar-refractivity contribution in [1.29, 1.82) is 0 Å². The molecule has 0 aliphatic rings. The summed E-state index contributed by atoms with van der Waals surface area (Å²) in [7, 11) is -3.42. The highest BCUT2D eigenvalue weighted by molar-refractivity contribution is 7.89. The molecule has 1 rings (SSSR count). The van der Waals surface area contributed by atoms with E-state index in [-0.39, 0.29) is 10.7 Å². The van der Waals surface area contributed by atoms with Gasteiger partial charge in [0.2, 0.25) is 10.0 Å². The summed E-state index contributed by atoms with van der Waals surface area (Å²) in [6.07, 6.45) is 0. The van der Waals surface area contributed by atoms with Crippen LogP contribution < -0.4 is 0 Å². The topological polar surface area (TPSA) is 54.5 Å². The van der Waals surface area contributed by atoms with Crippen molar-refractivity contribution in [3.05, 3.63) is 29.8 Å². The Morgan fingerprint density at radius 3 is 1.94 bits per heavy atom. The zero-order chi connectivity index (χ0) is 13.1. The Balaban J connectivity index is 3.12. The van der Waals surface area contributed by atoms with Gasteiger partial charge in [-0.2, -0.15) is 4.31 Å². The molecule has 0 radical (unpaired) electrons. The van der Waals surface area contributed by atoms with Gasteiger partial charge in [-0.05, 0) is 19.1 Å². The first kappa shape index (κ1) is 13.9. The lowest BCUT2D eigenvalue weighted by atomic mass is 10.2. The van der Waals surface area contributed by atoms with Crippen molar-refractivity contribution in [2.75, 3.05) is 13.1 Å². The summed E-state index contributed by atoms with van der Waals surface area (Å²) >= 11 is 0. The predicted molar refractivity (Wildman–Crippen MR) is 66.6 cm³/mol. The zero-order valence-electron chi connectivity index (χ0n) is 10.3. The minimum atomic E-state index is -3.42. The molecule has 0 saturated carbocycles. The number of ketones is 1. The number of benzene rings is 1. The molecule has 0 amide bonds. The Morgan fingerprint density at radius 1 is 1.12 bits per heavy atom. The number of nitrogens with zero attached hydrogens (tertiary/aromatic N) is 1. The van der Waals surface area contributed by atoms with E-state index >= 15 is 0 Å². The summed E-state index contributed by atoms with van der Waals surface area (Å²) in [6.45, 7) is 5.92. The number of hydrogen-bond donors (Lipinski definition) is 0. The third kappa shape index (κ3) is 2.92. The maximum absolute atomic E-state index is 12.1. The van der Waals surface area contributed by atoms with Crippen molar-refractivity contribution in [1.82, 2.24) is 4.31 Å². The van der Waals surface area contributed by atoms with Gasteiger partial charge in [-0.1, -0.05) is 26.0 Å². The highest BCUT2D eigenvalue weighted by Crippen LogP contribution is 2.16. The molecule has 1 aromatic carbocycles. The Hall–Kier alpha value is -1.20. The molecule has 0 atom stereocenters. The highest BCUT2D eigenvalue weighted by Gasteiger charge is 2.21. The van der Waals surface area contributed by atoms with Gasteiger partial charge in [0.05, 0.1) is 4.90 Å². The number of rotatable bonds is 5. The van der Waals surface area contributed by atoms with E-state index < -0.39 is 10.0 Å². The smallest absolute Gasteiger partial charge is 0.243 e. The van der Waals surface area contributed by atoms with Crippen molar-refractivity contribution >= 4 is 15.8 Å². The van der Waals surface area contributed by atoms with Gasteiger partial charge in [0.15, 0.2) is 5.78 Å². The largest absolute Gasteiger partial charge is 0.295 e. The summed E-state index contributed by atoms with van der Waals surface area (Å²) in [5.74, 6) is -0.0724. The van der Waals surface area contributed by atoms with Crippen LogP contribution in [0, 0.1) is 0 Å². The molecule has 0 bridgehead atoms. The SMILES string of the molecule is CCN(CC)S(=O)(=O)c1ccc(C(C)=O)cc1. The third-order valence-electron chi connectivity index (χ3n) is 2.60. The fourth-order valence-electron chi connectivity index (χ4n) is 1.57. The second-order valence-electron chi connectivity index (χ2n) is 3.67. The van der Waals surface area contributed by atoms with Crippen molar-refractivity contribution in [3.8, 4) is 0 Å². The Bertz CT molecular complexity index is 487. The average Bonchev–Trinajstić information content (AvgIpc) is 2.30. The predicted octanol–water partition coefficient (Wildman–Crippen LogP) is 1.92. The second kappa shape index (κ2) is 5.42. The first-order chi connectivity index (χ1) is 7.93. The molecule has 0 unspecified atom stereocenters. The lowest BCUT2D eigenvalue weighted by molar-refractivity contribution is 0.101. The van der Waals surface area contributed by atoms with E-state index in [0.717, 1.165) is 0 Å².